The van der Waals surface area contributed by atoms with Crippen LogP contribution in [0.1, 0.15) is 42.5 Å². The van der Waals surface area contributed by atoms with Gasteiger partial charge in [0, 0.05) is 30.8 Å². The minimum atomic E-state index is -0.0621. The first-order valence-electron chi connectivity index (χ1n) is 7.00. The molecule has 1 unspecified atom stereocenters. The Morgan fingerprint density at radius 1 is 1.29 bits per heavy atom. The molecule has 112 valence electrons. The van der Waals surface area contributed by atoms with Gasteiger partial charge in [0.05, 0.1) is 5.69 Å². The lowest BCUT2D eigenvalue weighted by molar-refractivity contribution is -0.114. The number of hydrogen-bond acceptors (Lipinski definition) is 4. The van der Waals surface area contributed by atoms with Gasteiger partial charge in [-0.25, -0.2) is 0 Å². The van der Waals surface area contributed by atoms with E-state index < -0.39 is 0 Å². The lowest BCUT2D eigenvalue weighted by atomic mass is 10.1. The molecule has 1 atom stereocenters. The fourth-order valence-corrected chi connectivity index (χ4v) is 2.39. The number of nitrogens with zero attached hydrogens (tertiary/aromatic N) is 1. The van der Waals surface area contributed by atoms with E-state index in [0.717, 1.165) is 34.8 Å². The summed E-state index contributed by atoms with van der Waals surface area (Å²) in [5.74, 6) is 0.793. The number of hydrogen-bond donors (Lipinski definition) is 2. The summed E-state index contributed by atoms with van der Waals surface area (Å²) < 4.78 is 5.19. The van der Waals surface area contributed by atoms with Gasteiger partial charge in [0.1, 0.15) is 5.76 Å². The van der Waals surface area contributed by atoms with Crippen LogP contribution >= 0.6 is 0 Å². The quantitative estimate of drug-likeness (QED) is 0.886. The molecule has 0 aliphatic rings. The summed E-state index contributed by atoms with van der Waals surface area (Å²) in [7, 11) is 0. The van der Waals surface area contributed by atoms with E-state index in [1.165, 1.54) is 6.92 Å². The number of nitrogens with one attached hydrogen (secondary N) is 2. The average molecular weight is 287 g/mol. The molecule has 0 aliphatic heterocycles. The van der Waals surface area contributed by atoms with Crippen LogP contribution in [0.5, 0.6) is 0 Å². The first kappa shape index (κ1) is 15.3. The van der Waals surface area contributed by atoms with Crippen molar-refractivity contribution in [2.75, 3.05) is 5.32 Å². The van der Waals surface area contributed by atoms with Gasteiger partial charge in [0.2, 0.25) is 5.91 Å². The lowest BCUT2D eigenvalue weighted by Crippen LogP contribution is -2.19. The molecule has 2 rings (SSSR count). The number of carbonyl (C=O) groups is 1. The summed E-state index contributed by atoms with van der Waals surface area (Å²) in [4.78, 5) is 11.0. The molecule has 0 bridgehead atoms. The van der Waals surface area contributed by atoms with E-state index in [1.54, 1.807) is 0 Å². The van der Waals surface area contributed by atoms with Gasteiger partial charge < -0.3 is 15.2 Å². The van der Waals surface area contributed by atoms with Crippen LogP contribution in [0.25, 0.3) is 0 Å². The normalized spacial score (nSPS) is 12.2. The highest BCUT2D eigenvalue weighted by molar-refractivity contribution is 5.88. The summed E-state index contributed by atoms with van der Waals surface area (Å²) in [6.45, 7) is 8.21. The molecule has 2 aromatic rings. The number of aromatic nitrogens is 1. The SMILES string of the molecule is CC(=O)Nc1ccc(CNC(C)c2c(C)noc2C)cc1. The van der Waals surface area contributed by atoms with Crippen LogP contribution in [0.3, 0.4) is 0 Å². The molecular weight excluding hydrogens is 266 g/mol. The Bertz CT molecular complexity index is 597. The Morgan fingerprint density at radius 2 is 1.95 bits per heavy atom. The van der Waals surface area contributed by atoms with Gasteiger partial charge in [-0.3, -0.25) is 4.79 Å². The second-order valence-electron chi connectivity index (χ2n) is 5.22. The fraction of sp³-hybridized carbons (Fsp3) is 0.375. The minimum absolute atomic E-state index is 0.0621. The molecule has 0 saturated carbocycles. The van der Waals surface area contributed by atoms with Gasteiger partial charge in [-0.1, -0.05) is 17.3 Å². The predicted octanol–water partition coefficient (Wildman–Crippen LogP) is 3.10. The Labute approximate surface area is 124 Å². The summed E-state index contributed by atoms with van der Waals surface area (Å²) >= 11 is 0. The molecule has 1 aromatic heterocycles. The molecule has 1 amide bonds. The Balaban J connectivity index is 1.95. The molecule has 1 aromatic carbocycles. The van der Waals surface area contributed by atoms with E-state index in [2.05, 4.69) is 22.7 Å². The third-order valence-electron chi connectivity index (χ3n) is 3.41. The van der Waals surface area contributed by atoms with Crippen molar-refractivity contribution in [3.8, 4) is 0 Å². The molecule has 5 nitrogen and oxygen atoms in total. The third kappa shape index (κ3) is 3.92. The molecule has 5 heteroatoms. The van der Waals surface area contributed by atoms with Crippen LogP contribution < -0.4 is 10.6 Å². The number of amides is 1. The largest absolute Gasteiger partial charge is 0.361 e. The van der Waals surface area contributed by atoms with Crippen molar-refractivity contribution in [1.29, 1.82) is 0 Å². The van der Waals surface area contributed by atoms with Crippen molar-refractivity contribution in [2.24, 2.45) is 0 Å². The van der Waals surface area contributed by atoms with E-state index in [9.17, 15) is 4.79 Å². The van der Waals surface area contributed by atoms with Crippen molar-refractivity contribution in [3.05, 3.63) is 46.8 Å². The number of rotatable bonds is 5. The van der Waals surface area contributed by atoms with E-state index >= 15 is 0 Å². The molecule has 0 spiro atoms. The van der Waals surface area contributed by atoms with Crippen molar-refractivity contribution >= 4 is 11.6 Å². The highest BCUT2D eigenvalue weighted by Gasteiger charge is 2.15. The Hall–Kier alpha value is -2.14. The molecule has 0 fully saturated rings. The predicted molar refractivity (Wildman–Crippen MR) is 82.0 cm³/mol. The Kier molecular flexibility index (Phi) is 4.75. The van der Waals surface area contributed by atoms with Crippen LogP contribution in [-0.4, -0.2) is 11.1 Å². The third-order valence-corrected chi connectivity index (χ3v) is 3.41. The van der Waals surface area contributed by atoms with Crippen LogP contribution in [0, 0.1) is 13.8 Å². The van der Waals surface area contributed by atoms with Crippen molar-refractivity contribution in [1.82, 2.24) is 10.5 Å². The minimum Gasteiger partial charge on any atom is -0.361 e. The molecule has 0 aliphatic carbocycles. The van der Waals surface area contributed by atoms with Crippen molar-refractivity contribution in [3.63, 3.8) is 0 Å². The molecule has 21 heavy (non-hydrogen) atoms. The number of aryl methyl sites for hydroxylation is 2. The van der Waals surface area contributed by atoms with Crippen LogP contribution in [0.2, 0.25) is 0 Å². The first-order chi connectivity index (χ1) is 9.97. The zero-order chi connectivity index (χ0) is 15.4. The van der Waals surface area contributed by atoms with Crippen LogP contribution in [0.4, 0.5) is 5.69 Å². The van der Waals surface area contributed by atoms with E-state index in [1.807, 2.05) is 38.1 Å². The summed E-state index contributed by atoms with van der Waals surface area (Å²) in [6.07, 6.45) is 0. The molecule has 0 radical (unpaired) electrons. The van der Waals surface area contributed by atoms with Gasteiger partial charge in [-0.05, 0) is 38.5 Å². The monoisotopic (exact) mass is 287 g/mol. The lowest BCUT2D eigenvalue weighted by Gasteiger charge is -2.14. The van der Waals surface area contributed by atoms with E-state index in [0.29, 0.717) is 0 Å². The molecule has 2 N–H and O–H groups in total. The summed E-state index contributed by atoms with van der Waals surface area (Å²) in [6, 6.07) is 7.97. The van der Waals surface area contributed by atoms with E-state index in [-0.39, 0.29) is 11.9 Å². The standard InChI is InChI=1S/C16H21N3O2/c1-10(16-11(2)19-21-12(16)3)17-9-14-5-7-15(8-6-14)18-13(4)20/h5-8,10,17H,9H2,1-4H3,(H,18,20). The zero-order valence-electron chi connectivity index (χ0n) is 12.9. The highest BCUT2D eigenvalue weighted by Crippen LogP contribution is 2.21. The van der Waals surface area contributed by atoms with Crippen molar-refractivity contribution in [2.45, 2.75) is 40.3 Å². The first-order valence-corrected chi connectivity index (χ1v) is 7.00. The second-order valence-corrected chi connectivity index (χ2v) is 5.22. The van der Waals surface area contributed by atoms with Gasteiger partial charge in [0.25, 0.3) is 0 Å². The summed E-state index contributed by atoms with van der Waals surface area (Å²) in [5.41, 5.74) is 4.01. The van der Waals surface area contributed by atoms with Gasteiger partial charge in [0.15, 0.2) is 0 Å². The number of carbonyl (C=O) groups excluding carboxylic acids is 1. The van der Waals surface area contributed by atoms with Gasteiger partial charge in [-0.2, -0.15) is 0 Å². The Morgan fingerprint density at radius 3 is 2.48 bits per heavy atom. The molecule has 0 saturated heterocycles. The fourth-order valence-electron chi connectivity index (χ4n) is 2.39. The maximum absolute atomic E-state index is 11.0. The zero-order valence-corrected chi connectivity index (χ0v) is 12.9. The van der Waals surface area contributed by atoms with E-state index in [4.69, 9.17) is 4.52 Å². The maximum Gasteiger partial charge on any atom is 0.221 e. The van der Waals surface area contributed by atoms with Gasteiger partial charge >= 0.3 is 0 Å². The second kappa shape index (κ2) is 6.54. The molecular formula is C16H21N3O2. The van der Waals surface area contributed by atoms with Gasteiger partial charge in [-0.15, -0.1) is 0 Å². The highest BCUT2D eigenvalue weighted by atomic mass is 16.5. The molecule has 1 heterocycles. The number of anilines is 1. The smallest absolute Gasteiger partial charge is 0.221 e. The van der Waals surface area contributed by atoms with Crippen LogP contribution in [0.15, 0.2) is 28.8 Å². The topological polar surface area (TPSA) is 67.2 Å². The average Bonchev–Trinajstić information content (AvgIpc) is 2.76. The number of benzene rings is 1. The summed E-state index contributed by atoms with van der Waals surface area (Å²) in [5, 5.41) is 10.2. The maximum atomic E-state index is 11.0. The van der Waals surface area contributed by atoms with Crippen LogP contribution in [-0.2, 0) is 11.3 Å². The van der Waals surface area contributed by atoms with Crippen molar-refractivity contribution < 1.29 is 9.32 Å².